The van der Waals surface area contributed by atoms with Gasteiger partial charge >= 0.3 is 0 Å². The Labute approximate surface area is 95.2 Å². The predicted molar refractivity (Wildman–Crippen MR) is 66.8 cm³/mol. The minimum atomic E-state index is 0.228. The van der Waals surface area contributed by atoms with Gasteiger partial charge in [-0.05, 0) is 30.2 Å². The van der Waals surface area contributed by atoms with Crippen LogP contribution in [0.25, 0.3) is 0 Å². The van der Waals surface area contributed by atoms with Gasteiger partial charge in [0.05, 0.1) is 0 Å². The number of nitrogens with zero attached hydrogens (tertiary/aromatic N) is 1. The fourth-order valence-corrected chi connectivity index (χ4v) is 2.07. The van der Waals surface area contributed by atoms with E-state index in [-0.39, 0.29) is 11.5 Å². The summed E-state index contributed by atoms with van der Waals surface area (Å²) < 4.78 is 0. The van der Waals surface area contributed by atoms with Crippen LogP contribution in [0.2, 0.25) is 0 Å². The van der Waals surface area contributed by atoms with Gasteiger partial charge in [0.1, 0.15) is 0 Å². The molecule has 90 valence electrons. The number of nitrogens with two attached hydrogens (primary N) is 1. The fourth-order valence-electron chi connectivity index (χ4n) is 2.07. The summed E-state index contributed by atoms with van der Waals surface area (Å²) >= 11 is 0. The molecule has 0 saturated carbocycles. The molecule has 1 fully saturated rings. The lowest BCUT2D eigenvalue weighted by Crippen LogP contribution is -2.49. The molecule has 0 aromatic heterocycles. The van der Waals surface area contributed by atoms with Crippen molar-refractivity contribution in [1.82, 2.24) is 4.90 Å². The molecule has 0 aliphatic carbocycles. The third-order valence-electron chi connectivity index (χ3n) is 3.99. The first kappa shape index (κ1) is 13.0. The van der Waals surface area contributed by atoms with E-state index >= 15 is 0 Å². The molecule has 3 unspecified atom stereocenters. The lowest BCUT2D eigenvalue weighted by molar-refractivity contribution is 0.113. The van der Waals surface area contributed by atoms with Crippen molar-refractivity contribution in [3.8, 4) is 0 Å². The minimum absolute atomic E-state index is 0.228. The summed E-state index contributed by atoms with van der Waals surface area (Å²) in [5, 5.41) is 0. The highest BCUT2D eigenvalue weighted by Gasteiger charge is 2.27. The Morgan fingerprint density at radius 2 is 1.87 bits per heavy atom. The molecule has 1 aliphatic heterocycles. The average molecular weight is 212 g/mol. The van der Waals surface area contributed by atoms with Crippen molar-refractivity contribution in [2.75, 3.05) is 19.6 Å². The first-order valence-corrected chi connectivity index (χ1v) is 6.28. The molecule has 1 rings (SSSR count). The van der Waals surface area contributed by atoms with E-state index in [9.17, 15) is 0 Å². The molecule has 1 saturated heterocycles. The number of likely N-dealkylation sites (tertiary alicyclic amines) is 1. The maximum atomic E-state index is 6.22. The van der Waals surface area contributed by atoms with Crippen LogP contribution in [-0.2, 0) is 0 Å². The van der Waals surface area contributed by atoms with Crippen LogP contribution in [0.4, 0.5) is 0 Å². The van der Waals surface area contributed by atoms with Crippen molar-refractivity contribution in [3.05, 3.63) is 0 Å². The van der Waals surface area contributed by atoms with Gasteiger partial charge in [-0.25, -0.2) is 0 Å². The van der Waals surface area contributed by atoms with E-state index in [1.165, 1.54) is 19.5 Å². The van der Waals surface area contributed by atoms with Crippen molar-refractivity contribution in [1.29, 1.82) is 0 Å². The first-order valence-electron chi connectivity index (χ1n) is 6.28. The van der Waals surface area contributed by atoms with E-state index in [1.54, 1.807) is 0 Å². The molecule has 2 heteroatoms. The molecule has 0 amide bonds. The zero-order valence-corrected chi connectivity index (χ0v) is 11.1. The molecule has 0 aromatic carbocycles. The van der Waals surface area contributed by atoms with Crippen molar-refractivity contribution < 1.29 is 0 Å². The quantitative estimate of drug-likeness (QED) is 0.761. The van der Waals surface area contributed by atoms with E-state index < -0.39 is 0 Å². The molecule has 0 bridgehead atoms. The standard InChI is InChI=1S/C13H28N2/c1-10-6-7-15(8-11(10)2)9-12(14)13(3,4)5/h10-12H,6-9,14H2,1-5H3. The summed E-state index contributed by atoms with van der Waals surface area (Å²) in [6, 6.07) is 0.290. The lowest BCUT2D eigenvalue weighted by Gasteiger charge is -2.39. The van der Waals surface area contributed by atoms with Gasteiger partial charge in [-0.2, -0.15) is 0 Å². The monoisotopic (exact) mass is 212 g/mol. The maximum absolute atomic E-state index is 6.22. The van der Waals surface area contributed by atoms with E-state index in [1.807, 2.05) is 0 Å². The SMILES string of the molecule is CC1CCN(CC(N)C(C)(C)C)CC1C. The smallest absolute Gasteiger partial charge is 0.0217 e. The molecule has 3 atom stereocenters. The lowest BCUT2D eigenvalue weighted by atomic mass is 9.85. The molecule has 0 aromatic rings. The van der Waals surface area contributed by atoms with E-state index in [0.29, 0.717) is 0 Å². The molecule has 0 radical (unpaired) electrons. The zero-order chi connectivity index (χ0) is 11.6. The highest BCUT2D eigenvalue weighted by molar-refractivity contribution is 4.83. The molecule has 2 N–H and O–H groups in total. The largest absolute Gasteiger partial charge is 0.326 e. The second-order valence-electron chi connectivity index (χ2n) is 6.48. The molecular formula is C13H28N2. The summed E-state index contributed by atoms with van der Waals surface area (Å²) in [4.78, 5) is 2.54. The third kappa shape index (κ3) is 3.76. The topological polar surface area (TPSA) is 29.3 Å². The van der Waals surface area contributed by atoms with Gasteiger partial charge in [0.2, 0.25) is 0 Å². The van der Waals surface area contributed by atoms with Gasteiger partial charge < -0.3 is 10.6 Å². The van der Waals surface area contributed by atoms with Crippen LogP contribution in [0.1, 0.15) is 41.0 Å². The van der Waals surface area contributed by atoms with Crippen LogP contribution in [0.5, 0.6) is 0 Å². The van der Waals surface area contributed by atoms with Crippen molar-refractivity contribution >= 4 is 0 Å². The van der Waals surface area contributed by atoms with Gasteiger partial charge in [-0.1, -0.05) is 34.6 Å². The van der Waals surface area contributed by atoms with Gasteiger partial charge in [-0.3, -0.25) is 0 Å². The Balaban J connectivity index is 2.40. The van der Waals surface area contributed by atoms with E-state index in [4.69, 9.17) is 5.73 Å². The van der Waals surface area contributed by atoms with Crippen molar-refractivity contribution in [2.45, 2.75) is 47.1 Å². The summed E-state index contributed by atoms with van der Waals surface area (Å²) in [6.07, 6.45) is 1.33. The summed E-state index contributed by atoms with van der Waals surface area (Å²) in [5.74, 6) is 1.71. The fraction of sp³-hybridized carbons (Fsp3) is 1.00. The Hall–Kier alpha value is -0.0800. The van der Waals surface area contributed by atoms with Crippen LogP contribution in [0.15, 0.2) is 0 Å². The summed E-state index contributed by atoms with van der Waals surface area (Å²) in [6.45, 7) is 14.9. The molecule has 2 nitrogen and oxygen atoms in total. The van der Waals surface area contributed by atoms with Crippen LogP contribution in [0, 0.1) is 17.3 Å². The van der Waals surface area contributed by atoms with Crippen molar-refractivity contribution in [2.24, 2.45) is 23.0 Å². The first-order chi connectivity index (χ1) is 6.80. The second-order valence-corrected chi connectivity index (χ2v) is 6.48. The minimum Gasteiger partial charge on any atom is -0.326 e. The highest BCUT2D eigenvalue weighted by atomic mass is 15.1. The zero-order valence-electron chi connectivity index (χ0n) is 11.1. The van der Waals surface area contributed by atoms with Gasteiger partial charge in [0, 0.05) is 19.1 Å². The van der Waals surface area contributed by atoms with Crippen molar-refractivity contribution in [3.63, 3.8) is 0 Å². The Morgan fingerprint density at radius 1 is 1.27 bits per heavy atom. The predicted octanol–water partition coefficient (Wildman–Crippen LogP) is 2.34. The van der Waals surface area contributed by atoms with E-state index in [2.05, 4.69) is 39.5 Å². The second kappa shape index (κ2) is 4.84. The maximum Gasteiger partial charge on any atom is 0.0217 e. The van der Waals surface area contributed by atoms with Crippen LogP contribution in [0.3, 0.4) is 0 Å². The molecular weight excluding hydrogens is 184 g/mol. The van der Waals surface area contributed by atoms with Crippen LogP contribution < -0.4 is 5.73 Å². The highest BCUT2D eigenvalue weighted by Crippen LogP contribution is 2.24. The molecule has 1 aliphatic rings. The van der Waals surface area contributed by atoms with Gasteiger partial charge in [-0.15, -0.1) is 0 Å². The Kier molecular flexibility index (Phi) is 4.19. The Morgan fingerprint density at radius 3 is 2.33 bits per heavy atom. The average Bonchev–Trinajstić information content (AvgIpc) is 2.10. The summed E-state index contributed by atoms with van der Waals surface area (Å²) in [7, 11) is 0. The number of rotatable bonds is 2. The molecule has 1 heterocycles. The van der Waals surface area contributed by atoms with E-state index in [0.717, 1.165) is 18.4 Å². The van der Waals surface area contributed by atoms with Gasteiger partial charge in [0.15, 0.2) is 0 Å². The third-order valence-corrected chi connectivity index (χ3v) is 3.99. The normalized spacial score (nSPS) is 31.6. The number of piperidine rings is 1. The van der Waals surface area contributed by atoms with Crippen LogP contribution >= 0.6 is 0 Å². The Bertz CT molecular complexity index is 195. The molecule has 15 heavy (non-hydrogen) atoms. The molecule has 0 spiro atoms. The van der Waals surface area contributed by atoms with Gasteiger partial charge in [0.25, 0.3) is 0 Å². The van der Waals surface area contributed by atoms with Crippen LogP contribution in [-0.4, -0.2) is 30.6 Å². The number of hydrogen-bond donors (Lipinski definition) is 1. The summed E-state index contributed by atoms with van der Waals surface area (Å²) in [5.41, 5.74) is 6.45. The number of hydrogen-bond acceptors (Lipinski definition) is 2.